The molecule has 3 aromatic rings. The molecule has 3 aliphatic heterocycles. The number of aromatic nitrogens is 1. The molecule has 210 valence electrons. The molecule has 3 aliphatic rings. The number of amides is 2. The predicted octanol–water partition coefficient (Wildman–Crippen LogP) is 4.77. The zero-order valence-corrected chi connectivity index (χ0v) is 23.2. The van der Waals surface area contributed by atoms with Crippen LogP contribution in [0.25, 0.3) is 10.9 Å². The van der Waals surface area contributed by atoms with Gasteiger partial charge in [-0.2, -0.15) is 0 Å². The van der Waals surface area contributed by atoms with Crippen LogP contribution in [-0.2, 0) is 16.1 Å². The van der Waals surface area contributed by atoms with Gasteiger partial charge in [0.15, 0.2) is 0 Å². The summed E-state index contributed by atoms with van der Waals surface area (Å²) in [5, 5.41) is 4.24. The maximum absolute atomic E-state index is 13.4. The molecular formula is C32H38N4O4. The van der Waals surface area contributed by atoms with Gasteiger partial charge in [-0.3, -0.25) is 14.6 Å². The van der Waals surface area contributed by atoms with Gasteiger partial charge in [0.2, 0.25) is 5.91 Å². The molecule has 4 heterocycles. The van der Waals surface area contributed by atoms with Gasteiger partial charge in [-0.25, -0.2) is 0 Å². The minimum atomic E-state index is -0.0884. The molecule has 0 radical (unpaired) electrons. The summed E-state index contributed by atoms with van der Waals surface area (Å²) in [5.41, 5.74) is 2.34. The molecule has 1 aromatic heterocycles. The molecule has 6 rings (SSSR count). The number of likely N-dealkylation sites (tertiary alicyclic amines) is 2. The molecule has 0 aliphatic carbocycles. The van der Waals surface area contributed by atoms with Gasteiger partial charge < -0.3 is 24.6 Å². The second-order valence-electron chi connectivity index (χ2n) is 11.5. The summed E-state index contributed by atoms with van der Waals surface area (Å²) in [6.07, 6.45) is 6.44. The van der Waals surface area contributed by atoms with Crippen molar-refractivity contribution in [3.8, 4) is 11.5 Å². The van der Waals surface area contributed by atoms with Crippen molar-refractivity contribution in [2.75, 3.05) is 32.8 Å². The van der Waals surface area contributed by atoms with Crippen LogP contribution >= 0.6 is 0 Å². The largest absolute Gasteiger partial charge is 0.457 e. The lowest BCUT2D eigenvalue weighted by Gasteiger charge is -2.39. The van der Waals surface area contributed by atoms with E-state index in [0.717, 1.165) is 75.0 Å². The Kier molecular flexibility index (Phi) is 7.98. The average Bonchev–Trinajstić information content (AvgIpc) is 3.30. The number of nitrogens with zero attached hydrogens (tertiary/aromatic N) is 3. The normalized spacial score (nSPS) is 21.2. The van der Waals surface area contributed by atoms with Crippen LogP contribution in [0.5, 0.6) is 11.5 Å². The Morgan fingerprint density at radius 1 is 1.07 bits per heavy atom. The van der Waals surface area contributed by atoms with Crippen LogP contribution in [0.4, 0.5) is 0 Å². The lowest BCUT2D eigenvalue weighted by molar-refractivity contribution is -0.128. The van der Waals surface area contributed by atoms with Crippen molar-refractivity contribution in [3.05, 3.63) is 65.9 Å². The van der Waals surface area contributed by atoms with E-state index in [1.165, 1.54) is 0 Å². The third-order valence-electron chi connectivity index (χ3n) is 8.47. The molecule has 3 saturated heterocycles. The van der Waals surface area contributed by atoms with E-state index in [2.05, 4.69) is 22.1 Å². The fourth-order valence-electron chi connectivity index (χ4n) is 6.22. The topological polar surface area (TPSA) is 84.0 Å². The predicted molar refractivity (Wildman–Crippen MR) is 153 cm³/mol. The zero-order valence-electron chi connectivity index (χ0n) is 23.2. The van der Waals surface area contributed by atoms with E-state index in [1.807, 2.05) is 53.4 Å². The smallest absolute Gasteiger partial charge is 0.251 e. The first-order chi connectivity index (χ1) is 19.5. The SMILES string of the molecule is C[C@H]1CC(=O)N(Cc2ccc(C(=O)NC3CCN(C4CCOCC4)CC3)cc2Oc2ccc3ncccc3c2)C1. The quantitative estimate of drug-likeness (QED) is 0.463. The van der Waals surface area contributed by atoms with Gasteiger partial charge in [0, 0.05) is 80.6 Å². The number of carbonyl (C=O) groups excluding carboxylic acids is 2. The molecule has 0 saturated carbocycles. The summed E-state index contributed by atoms with van der Waals surface area (Å²) in [5.74, 6) is 1.67. The lowest BCUT2D eigenvalue weighted by atomic mass is 9.99. The highest BCUT2D eigenvalue weighted by Crippen LogP contribution is 2.31. The molecule has 1 N–H and O–H groups in total. The van der Waals surface area contributed by atoms with Gasteiger partial charge in [0.05, 0.1) is 5.52 Å². The van der Waals surface area contributed by atoms with Crippen LogP contribution in [-0.4, -0.2) is 71.5 Å². The molecule has 8 heteroatoms. The molecule has 0 bridgehead atoms. The first-order valence-electron chi connectivity index (χ1n) is 14.6. The fourth-order valence-corrected chi connectivity index (χ4v) is 6.22. The second kappa shape index (κ2) is 11.9. The third-order valence-corrected chi connectivity index (χ3v) is 8.47. The number of pyridine rings is 1. The van der Waals surface area contributed by atoms with E-state index in [4.69, 9.17) is 9.47 Å². The number of fused-ring (bicyclic) bond motifs is 1. The zero-order chi connectivity index (χ0) is 27.5. The summed E-state index contributed by atoms with van der Waals surface area (Å²) >= 11 is 0. The lowest BCUT2D eigenvalue weighted by Crippen LogP contribution is -2.49. The highest BCUT2D eigenvalue weighted by molar-refractivity contribution is 5.95. The maximum Gasteiger partial charge on any atom is 0.251 e. The number of piperidine rings is 1. The summed E-state index contributed by atoms with van der Waals surface area (Å²) in [4.78, 5) is 34.7. The van der Waals surface area contributed by atoms with Crippen molar-refractivity contribution in [2.45, 2.75) is 57.7 Å². The van der Waals surface area contributed by atoms with Crippen LogP contribution in [0.15, 0.2) is 54.7 Å². The van der Waals surface area contributed by atoms with Crippen molar-refractivity contribution < 1.29 is 19.1 Å². The van der Waals surface area contributed by atoms with Gasteiger partial charge in [-0.05, 0) is 68.0 Å². The fraction of sp³-hybridized carbons (Fsp3) is 0.469. The molecule has 3 fully saturated rings. The van der Waals surface area contributed by atoms with Gasteiger partial charge >= 0.3 is 0 Å². The van der Waals surface area contributed by atoms with Crippen molar-refractivity contribution in [3.63, 3.8) is 0 Å². The molecule has 0 spiro atoms. The monoisotopic (exact) mass is 542 g/mol. The number of hydrogen-bond donors (Lipinski definition) is 1. The van der Waals surface area contributed by atoms with E-state index in [1.54, 1.807) is 6.20 Å². The van der Waals surface area contributed by atoms with E-state index in [9.17, 15) is 9.59 Å². The van der Waals surface area contributed by atoms with Crippen LogP contribution in [0.2, 0.25) is 0 Å². The Balaban J connectivity index is 1.17. The van der Waals surface area contributed by atoms with Crippen molar-refractivity contribution in [2.24, 2.45) is 5.92 Å². The first-order valence-corrected chi connectivity index (χ1v) is 14.6. The minimum absolute atomic E-state index is 0.0884. The van der Waals surface area contributed by atoms with Crippen molar-refractivity contribution in [1.82, 2.24) is 20.1 Å². The van der Waals surface area contributed by atoms with E-state index in [-0.39, 0.29) is 17.9 Å². The van der Waals surface area contributed by atoms with Crippen LogP contribution in [0, 0.1) is 5.92 Å². The van der Waals surface area contributed by atoms with Gasteiger partial charge in [-0.1, -0.05) is 19.1 Å². The summed E-state index contributed by atoms with van der Waals surface area (Å²) in [6, 6.07) is 16.0. The number of hydrogen-bond acceptors (Lipinski definition) is 6. The Morgan fingerprint density at radius 2 is 1.90 bits per heavy atom. The molecule has 1 atom stereocenters. The van der Waals surface area contributed by atoms with Gasteiger partial charge in [-0.15, -0.1) is 0 Å². The highest BCUT2D eigenvalue weighted by atomic mass is 16.5. The molecule has 2 aromatic carbocycles. The first kappa shape index (κ1) is 26.7. The molecule has 0 unspecified atom stereocenters. The Morgan fingerprint density at radius 3 is 2.67 bits per heavy atom. The van der Waals surface area contributed by atoms with Gasteiger partial charge in [0.1, 0.15) is 11.5 Å². The number of nitrogens with one attached hydrogen (secondary N) is 1. The number of ether oxygens (including phenoxy) is 2. The van der Waals surface area contributed by atoms with Gasteiger partial charge in [0.25, 0.3) is 5.91 Å². The molecule has 8 nitrogen and oxygen atoms in total. The number of rotatable bonds is 7. The van der Waals surface area contributed by atoms with Crippen LogP contribution < -0.4 is 10.1 Å². The Hall–Kier alpha value is -3.49. The summed E-state index contributed by atoms with van der Waals surface area (Å²) < 4.78 is 11.9. The average molecular weight is 543 g/mol. The molecule has 2 amide bonds. The van der Waals surface area contributed by atoms with Crippen LogP contribution in [0.1, 0.15) is 54.9 Å². The second-order valence-corrected chi connectivity index (χ2v) is 11.5. The number of carbonyl (C=O) groups is 2. The van der Waals surface area contributed by atoms with E-state index < -0.39 is 0 Å². The third kappa shape index (κ3) is 6.13. The summed E-state index contributed by atoms with van der Waals surface area (Å²) in [6.45, 7) is 6.99. The highest BCUT2D eigenvalue weighted by Gasteiger charge is 2.29. The molecule has 40 heavy (non-hydrogen) atoms. The Labute approximate surface area is 235 Å². The minimum Gasteiger partial charge on any atom is -0.457 e. The number of benzene rings is 2. The maximum atomic E-state index is 13.4. The molecular weight excluding hydrogens is 504 g/mol. The van der Waals surface area contributed by atoms with E-state index >= 15 is 0 Å². The Bertz CT molecular complexity index is 1360. The van der Waals surface area contributed by atoms with Crippen molar-refractivity contribution >= 4 is 22.7 Å². The van der Waals surface area contributed by atoms with Crippen molar-refractivity contribution in [1.29, 1.82) is 0 Å². The van der Waals surface area contributed by atoms with E-state index in [0.29, 0.717) is 42.0 Å². The standard InChI is InChI=1S/C32H38N4O4/c1-22-17-31(37)36(20-22)21-25-5-4-24(19-30(25)40-28-6-7-29-23(18-28)3-2-12-33-29)32(38)34-26-8-13-35(14-9-26)27-10-15-39-16-11-27/h2-7,12,18-19,22,26-27H,8-11,13-17,20-21H2,1H3,(H,34,38)/t22-/m0/s1. The summed E-state index contributed by atoms with van der Waals surface area (Å²) in [7, 11) is 0. The van der Waals surface area contributed by atoms with Crippen LogP contribution in [0.3, 0.4) is 0 Å².